The lowest BCUT2D eigenvalue weighted by Gasteiger charge is -2.38. The highest BCUT2D eigenvalue weighted by atomic mass is 32.2. The quantitative estimate of drug-likeness (QED) is 0.555. The first-order valence-electron chi connectivity index (χ1n) is 13.0. The van der Waals surface area contributed by atoms with Crippen molar-refractivity contribution in [1.29, 1.82) is 0 Å². The van der Waals surface area contributed by atoms with E-state index in [1.807, 2.05) is 28.0 Å². The van der Waals surface area contributed by atoms with Crippen LogP contribution < -0.4 is 4.74 Å². The summed E-state index contributed by atoms with van der Waals surface area (Å²) in [6.45, 7) is 3.33. The Labute approximate surface area is 219 Å². The predicted octanol–water partition coefficient (Wildman–Crippen LogP) is 2.79. The molecule has 8 nitrogen and oxygen atoms in total. The molecule has 9 heteroatoms. The van der Waals surface area contributed by atoms with Crippen LogP contribution in [0.25, 0.3) is 0 Å². The molecule has 0 radical (unpaired) electrons. The number of hydrogen-bond donors (Lipinski definition) is 0. The van der Waals surface area contributed by atoms with E-state index in [-0.39, 0.29) is 34.5 Å². The first-order valence-corrected chi connectivity index (χ1v) is 14.5. The van der Waals surface area contributed by atoms with Crippen molar-refractivity contribution in [2.24, 2.45) is 11.3 Å². The number of sulfonamides is 1. The van der Waals surface area contributed by atoms with Crippen LogP contribution in [0, 0.1) is 11.3 Å². The molecule has 3 heterocycles. The molecule has 1 spiro atoms. The Morgan fingerprint density at radius 1 is 1.03 bits per heavy atom. The molecule has 3 aliphatic rings. The molecule has 5 rings (SSSR count). The fraction of sp³-hybridized carbons (Fsp3) is 0.500. The molecule has 0 aromatic heterocycles. The number of ether oxygens (including phenoxy) is 1. The largest absolute Gasteiger partial charge is 0.497 e. The number of carbonyl (C=O) groups excluding carboxylic acids is 2. The number of methoxy groups -OCH3 is 1. The first kappa shape index (κ1) is 25.7. The van der Waals surface area contributed by atoms with Gasteiger partial charge in [0, 0.05) is 51.8 Å². The van der Waals surface area contributed by atoms with E-state index in [2.05, 4.69) is 12.1 Å². The first-order chi connectivity index (χ1) is 17.8. The van der Waals surface area contributed by atoms with Gasteiger partial charge in [0.25, 0.3) is 0 Å². The zero-order valence-corrected chi connectivity index (χ0v) is 22.2. The number of benzene rings is 2. The highest BCUT2D eigenvalue weighted by Gasteiger charge is 2.46. The lowest BCUT2D eigenvalue weighted by Crippen LogP contribution is -2.45. The molecular weight excluding hydrogens is 490 g/mol. The van der Waals surface area contributed by atoms with E-state index < -0.39 is 10.0 Å². The second-order valence-corrected chi connectivity index (χ2v) is 12.5. The predicted molar refractivity (Wildman–Crippen MR) is 139 cm³/mol. The molecule has 0 bridgehead atoms. The highest BCUT2D eigenvalue weighted by Crippen LogP contribution is 2.42. The van der Waals surface area contributed by atoms with Crippen LogP contribution in [0.15, 0.2) is 59.5 Å². The van der Waals surface area contributed by atoms with E-state index in [0.717, 1.165) is 25.7 Å². The number of piperidine rings is 1. The van der Waals surface area contributed by atoms with Crippen molar-refractivity contribution < 1.29 is 22.7 Å². The van der Waals surface area contributed by atoms with Crippen LogP contribution in [-0.2, 0) is 26.0 Å². The summed E-state index contributed by atoms with van der Waals surface area (Å²) in [5.74, 6) is 0.355. The van der Waals surface area contributed by atoms with Crippen LogP contribution in [0.5, 0.6) is 5.75 Å². The molecule has 3 saturated heterocycles. The van der Waals surface area contributed by atoms with Gasteiger partial charge in [-0.3, -0.25) is 9.59 Å². The van der Waals surface area contributed by atoms with Gasteiger partial charge in [-0.2, -0.15) is 4.31 Å². The summed E-state index contributed by atoms with van der Waals surface area (Å²) in [6, 6.07) is 16.7. The summed E-state index contributed by atoms with van der Waals surface area (Å²) < 4.78 is 33.1. The second-order valence-electron chi connectivity index (χ2n) is 10.6. The summed E-state index contributed by atoms with van der Waals surface area (Å²) in [5.41, 5.74) is 1.14. The molecular formula is C28H35N3O5S. The van der Waals surface area contributed by atoms with Crippen molar-refractivity contribution in [3.8, 4) is 5.75 Å². The number of carbonyl (C=O) groups is 2. The molecule has 0 N–H and O–H groups in total. The molecule has 3 fully saturated rings. The Balaban J connectivity index is 1.15. The van der Waals surface area contributed by atoms with Gasteiger partial charge >= 0.3 is 0 Å². The second kappa shape index (κ2) is 10.5. The standard InChI is InChI=1S/C28H35N3O5S/c1-36-24-8-5-9-25(19-24)37(34,35)31-16-12-28(13-17-31)11-15-30(21-28)27(33)23-18-26(32)29(20-23)14-10-22-6-3-2-4-7-22/h2-9,19,23H,10-18,20-21H2,1H3. The summed E-state index contributed by atoms with van der Waals surface area (Å²) in [7, 11) is -2.07. The molecule has 2 amide bonds. The summed E-state index contributed by atoms with van der Waals surface area (Å²) in [5, 5.41) is 0. The number of nitrogens with zero attached hydrogens (tertiary/aromatic N) is 3. The average molecular weight is 526 g/mol. The van der Waals surface area contributed by atoms with Gasteiger partial charge < -0.3 is 14.5 Å². The van der Waals surface area contributed by atoms with Gasteiger partial charge in [-0.1, -0.05) is 36.4 Å². The van der Waals surface area contributed by atoms with Gasteiger partial charge in [0.05, 0.1) is 17.9 Å². The number of hydrogen-bond acceptors (Lipinski definition) is 5. The number of amides is 2. The third-order valence-corrected chi connectivity index (χ3v) is 10.2. The Kier molecular flexibility index (Phi) is 7.27. The van der Waals surface area contributed by atoms with Gasteiger partial charge in [0.2, 0.25) is 21.8 Å². The van der Waals surface area contributed by atoms with E-state index in [0.29, 0.717) is 45.0 Å². The van der Waals surface area contributed by atoms with E-state index in [4.69, 9.17) is 4.74 Å². The Bertz CT molecular complexity index is 1240. The van der Waals surface area contributed by atoms with E-state index in [1.165, 1.54) is 12.7 Å². The van der Waals surface area contributed by atoms with E-state index >= 15 is 0 Å². The van der Waals surface area contributed by atoms with Crippen LogP contribution >= 0.6 is 0 Å². The summed E-state index contributed by atoms with van der Waals surface area (Å²) >= 11 is 0. The molecule has 2 aromatic carbocycles. The fourth-order valence-corrected chi connectivity index (χ4v) is 7.44. The van der Waals surface area contributed by atoms with E-state index in [9.17, 15) is 18.0 Å². The van der Waals surface area contributed by atoms with Gasteiger partial charge in [-0.15, -0.1) is 0 Å². The maximum Gasteiger partial charge on any atom is 0.243 e. The van der Waals surface area contributed by atoms with Crippen molar-refractivity contribution in [1.82, 2.24) is 14.1 Å². The van der Waals surface area contributed by atoms with Crippen molar-refractivity contribution in [2.75, 3.05) is 46.4 Å². The average Bonchev–Trinajstić information content (AvgIpc) is 3.51. The lowest BCUT2D eigenvalue weighted by atomic mass is 9.78. The SMILES string of the molecule is COc1cccc(S(=O)(=O)N2CCC3(CCN(C(=O)C4CC(=O)N(CCc5ccccc5)C4)C3)CC2)c1. The molecule has 2 aromatic rings. The van der Waals surface area contributed by atoms with Crippen molar-refractivity contribution in [3.05, 3.63) is 60.2 Å². The number of likely N-dealkylation sites (tertiary alicyclic amines) is 2. The van der Waals surface area contributed by atoms with Gasteiger partial charge in [0.15, 0.2) is 0 Å². The molecule has 0 saturated carbocycles. The minimum absolute atomic E-state index is 0.0499. The van der Waals surface area contributed by atoms with Crippen LogP contribution in [0.4, 0.5) is 0 Å². The Hall–Kier alpha value is -2.91. The zero-order valence-electron chi connectivity index (χ0n) is 21.3. The minimum Gasteiger partial charge on any atom is -0.497 e. The molecule has 37 heavy (non-hydrogen) atoms. The summed E-state index contributed by atoms with van der Waals surface area (Å²) in [4.78, 5) is 29.9. The van der Waals surface area contributed by atoms with Gasteiger partial charge in [0.1, 0.15) is 5.75 Å². The Morgan fingerprint density at radius 3 is 2.49 bits per heavy atom. The molecule has 1 atom stereocenters. The van der Waals surface area contributed by atoms with Crippen molar-refractivity contribution in [3.63, 3.8) is 0 Å². The Morgan fingerprint density at radius 2 is 1.76 bits per heavy atom. The zero-order chi connectivity index (χ0) is 26.0. The smallest absolute Gasteiger partial charge is 0.243 e. The maximum atomic E-state index is 13.3. The van der Waals surface area contributed by atoms with Crippen molar-refractivity contribution in [2.45, 2.75) is 37.0 Å². The van der Waals surface area contributed by atoms with Crippen LogP contribution in [-0.4, -0.2) is 80.7 Å². The fourth-order valence-electron chi connectivity index (χ4n) is 5.96. The topological polar surface area (TPSA) is 87.2 Å². The summed E-state index contributed by atoms with van der Waals surface area (Å²) in [6.07, 6.45) is 3.41. The molecule has 198 valence electrons. The molecule has 1 unspecified atom stereocenters. The highest BCUT2D eigenvalue weighted by molar-refractivity contribution is 7.89. The van der Waals surface area contributed by atoms with Crippen LogP contribution in [0.1, 0.15) is 31.2 Å². The third kappa shape index (κ3) is 5.38. The number of rotatable bonds is 7. The minimum atomic E-state index is -3.59. The molecule has 3 aliphatic heterocycles. The monoisotopic (exact) mass is 525 g/mol. The van der Waals surface area contributed by atoms with Crippen LogP contribution in [0.3, 0.4) is 0 Å². The lowest BCUT2D eigenvalue weighted by molar-refractivity contribution is -0.135. The van der Waals surface area contributed by atoms with Gasteiger partial charge in [-0.25, -0.2) is 8.42 Å². The molecule has 0 aliphatic carbocycles. The van der Waals surface area contributed by atoms with Crippen molar-refractivity contribution >= 4 is 21.8 Å². The van der Waals surface area contributed by atoms with E-state index in [1.54, 1.807) is 28.6 Å². The van der Waals surface area contributed by atoms with Crippen LogP contribution in [0.2, 0.25) is 0 Å². The third-order valence-electron chi connectivity index (χ3n) is 8.29. The normalized spacial score (nSPS) is 22.1. The van der Waals surface area contributed by atoms with Gasteiger partial charge in [-0.05, 0) is 48.8 Å². The maximum absolute atomic E-state index is 13.3.